The van der Waals surface area contributed by atoms with Crippen molar-refractivity contribution in [2.45, 2.75) is 6.92 Å². The number of nitro benzene ring substituents is 1. The van der Waals surface area contributed by atoms with Crippen molar-refractivity contribution in [1.82, 2.24) is 10.2 Å². The van der Waals surface area contributed by atoms with Crippen molar-refractivity contribution in [1.29, 1.82) is 0 Å². The molecule has 1 aromatic heterocycles. The van der Waals surface area contributed by atoms with Crippen molar-refractivity contribution < 1.29 is 14.4 Å². The van der Waals surface area contributed by atoms with Crippen LogP contribution in [0.25, 0.3) is 22.0 Å². The standard InChI is InChI=1S/C16H11N3O4/c1-9-12-6-14-15(23-8-22-14)7-13(12)16(18-17-9)10-2-4-11(5-3-10)19(20)21/h2-7H,8H2,1H3. The molecule has 1 aliphatic heterocycles. The van der Waals surface area contributed by atoms with Crippen LogP contribution in [0.4, 0.5) is 5.69 Å². The summed E-state index contributed by atoms with van der Waals surface area (Å²) in [4.78, 5) is 10.4. The number of benzene rings is 2. The minimum Gasteiger partial charge on any atom is -0.454 e. The van der Waals surface area contributed by atoms with E-state index in [1.807, 2.05) is 19.1 Å². The molecule has 3 aromatic rings. The molecule has 4 rings (SSSR count). The van der Waals surface area contributed by atoms with E-state index in [0.717, 1.165) is 22.0 Å². The summed E-state index contributed by atoms with van der Waals surface area (Å²) in [5.74, 6) is 1.34. The van der Waals surface area contributed by atoms with Gasteiger partial charge in [-0.05, 0) is 31.2 Å². The molecule has 0 unspecified atom stereocenters. The van der Waals surface area contributed by atoms with Crippen LogP contribution in [0.1, 0.15) is 5.69 Å². The minimum atomic E-state index is -0.430. The zero-order valence-corrected chi connectivity index (χ0v) is 12.1. The van der Waals surface area contributed by atoms with E-state index in [9.17, 15) is 10.1 Å². The third-order valence-corrected chi connectivity index (χ3v) is 3.81. The first kappa shape index (κ1) is 13.4. The first-order valence-electron chi connectivity index (χ1n) is 6.95. The molecule has 0 saturated carbocycles. The summed E-state index contributed by atoms with van der Waals surface area (Å²) < 4.78 is 10.8. The molecular formula is C16H11N3O4. The minimum absolute atomic E-state index is 0.0377. The van der Waals surface area contributed by atoms with Crippen LogP contribution in [0.15, 0.2) is 36.4 Å². The Kier molecular flexibility index (Phi) is 2.87. The maximum absolute atomic E-state index is 10.8. The second-order valence-corrected chi connectivity index (χ2v) is 5.19. The van der Waals surface area contributed by atoms with E-state index in [2.05, 4.69) is 10.2 Å². The molecule has 0 radical (unpaired) electrons. The monoisotopic (exact) mass is 309 g/mol. The number of non-ortho nitro benzene ring substituents is 1. The summed E-state index contributed by atoms with van der Waals surface area (Å²) >= 11 is 0. The topological polar surface area (TPSA) is 87.4 Å². The Bertz CT molecular complexity index is 938. The highest BCUT2D eigenvalue weighted by Crippen LogP contribution is 2.39. The second kappa shape index (κ2) is 4.91. The summed E-state index contributed by atoms with van der Waals surface area (Å²) in [7, 11) is 0. The van der Waals surface area contributed by atoms with E-state index < -0.39 is 4.92 Å². The average molecular weight is 309 g/mol. The van der Waals surface area contributed by atoms with Crippen LogP contribution in [-0.2, 0) is 0 Å². The lowest BCUT2D eigenvalue weighted by molar-refractivity contribution is -0.384. The molecule has 7 nitrogen and oxygen atoms in total. The van der Waals surface area contributed by atoms with Crippen LogP contribution in [0.2, 0.25) is 0 Å². The van der Waals surface area contributed by atoms with E-state index in [0.29, 0.717) is 17.2 Å². The number of aromatic nitrogens is 2. The van der Waals surface area contributed by atoms with E-state index in [1.165, 1.54) is 12.1 Å². The largest absolute Gasteiger partial charge is 0.454 e. The van der Waals surface area contributed by atoms with Gasteiger partial charge in [-0.1, -0.05) is 0 Å². The van der Waals surface area contributed by atoms with E-state index >= 15 is 0 Å². The molecule has 0 aliphatic carbocycles. The van der Waals surface area contributed by atoms with Gasteiger partial charge in [-0.15, -0.1) is 5.10 Å². The van der Waals surface area contributed by atoms with Crippen LogP contribution >= 0.6 is 0 Å². The zero-order chi connectivity index (χ0) is 16.0. The Morgan fingerprint density at radius 1 is 1.04 bits per heavy atom. The van der Waals surface area contributed by atoms with Crippen LogP contribution in [0, 0.1) is 17.0 Å². The molecule has 7 heteroatoms. The molecule has 0 N–H and O–H groups in total. The molecule has 0 bridgehead atoms. The summed E-state index contributed by atoms with van der Waals surface area (Å²) in [6, 6.07) is 10.0. The molecule has 0 spiro atoms. The number of nitrogens with zero attached hydrogens (tertiary/aromatic N) is 3. The Hall–Kier alpha value is -3.22. The number of rotatable bonds is 2. The lowest BCUT2D eigenvalue weighted by Gasteiger charge is -2.08. The summed E-state index contributed by atoms with van der Waals surface area (Å²) in [5.41, 5.74) is 2.23. The first-order chi connectivity index (χ1) is 11.1. The Morgan fingerprint density at radius 2 is 1.70 bits per heavy atom. The smallest absolute Gasteiger partial charge is 0.269 e. The van der Waals surface area contributed by atoms with Crippen molar-refractivity contribution in [3.05, 3.63) is 52.2 Å². The number of fused-ring (bicyclic) bond motifs is 2. The van der Waals surface area contributed by atoms with Gasteiger partial charge in [0, 0.05) is 28.5 Å². The molecule has 0 amide bonds. The number of hydrogen-bond donors (Lipinski definition) is 0. The molecule has 23 heavy (non-hydrogen) atoms. The number of hydrogen-bond acceptors (Lipinski definition) is 6. The van der Waals surface area contributed by atoms with Crippen molar-refractivity contribution in [2.24, 2.45) is 0 Å². The van der Waals surface area contributed by atoms with Crippen molar-refractivity contribution in [3.8, 4) is 22.8 Å². The third kappa shape index (κ3) is 2.13. The molecule has 114 valence electrons. The maximum Gasteiger partial charge on any atom is 0.269 e. The van der Waals surface area contributed by atoms with Gasteiger partial charge in [0.2, 0.25) is 6.79 Å². The van der Waals surface area contributed by atoms with Gasteiger partial charge in [0.1, 0.15) is 5.69 Å². The predicted octanol–water partition coefficient (Wildman–Crippen LogP) is 3.24. The van der Waals surface area contributed by atoms with Gasteiger partial charge in [0.25, 0.3) is 5.69 Å². The fourth-order valence-corrected chi connectivity index (χ4v) is 2.62. The van der Waals surface area contributed by atoms with Gasteiger partial charge < -0.3 is 9.47 Å². The summed E-state index contributed by atoms with van der Waals surface area (Å²) in [5, 5.41) is 21.0. The predicted molar refractivity (Wildman–Crippen MR) is 82.5 cm³/mol. The average Bonchev–Trinajstić information content (AvgIpc) is 3.01. The van der Waals surface area contributed by atoms with Crippen LogP contribution < -0.4 is 9.47 Å². The van der Waals surface area contributed by atoms with Crippen LogP contribution in [-0.4, -0.2) is 21.9 Å². The SMILES string of the molecule is Cc1nnc(-c2ccc([N+](=O)[O-])cc2)c2cc3c(cc12)OCO3. The fourth-order valence-electron chi connectivity index (χ4n) is 2.62. The molecule has 2 aromatic carbocycles. The van der Waals surface area contributed by atoms with E-state index in [1.54, 1.807) is 12.1 Å². The quantitative estimate of drug-likeness (QED) is 0.533. The van der Waals surface area contributed by atoms with E-state index in [4.69, 9.17) is 9.47 Å². The molecule has 0 fully saturated rings. The van der Waals surface area contributed by atoms with Crippen LogP contribution in [0.3, 0.4) is 0 Å². The molecule has 2 heterocycles. The van der Waals surface area contributed by atoms with Crippen molar-refractivity contribution in [2.75, 3.05) is 6.79 Å². The lowest BCUT2D eigenvalue weighted by Crippen LogP contribution is -1.95. The van der Waals surface area contributed by atoms with Crippen molar-refractivity contribution >= 4 is 16.5 Å². The fraction of sp³-hybridized carbons (Fsp3) is 0.125. The van der Waals surface area contributed by atoms with Crippen molar-refractivity contribution in [3.63, 3.8) is 0 Å². The van der Waals surface area contributed by atoms with Gasteiger partial charge in [-0.25, -0.2) is 0 Å². The Labute approximate surface area is 130 Å². The van der Waals surface area contributed by atoms with E-state index in [-0.39, 0.29) is 12.5 Å². The molecule has 0 atom stereocenters. The maximum atomic E-state index is 10.8. The van der Waals surface area contributed by atoms with Gasteiger partial charge in [-0.2, -0.15) is 5.10 Å². The third-order valence-electron chi connectivity index (χ3n) is 3.81. The summed E-state index contributed by atoms with van der Waals surface area (Å²) in [6.45, 7) is 2.07. The molecular weight excluding hydrogens is 298 g/mol. The first-order valence-corrected chi connectivity index (χ1v) is 6.95. The number of nitro groups is 1. The second-order valence-electron chi connectivity index (χ2n) is 5.19. The highest BCUT2D eigenvalue weighted by molar-refractivity contribution is 5.97. The van der Waals surface area contributed by atoms with Gasteiger partial charge in [-0.3, -0.25) is 10.1 Å². The zero-order valence-electron chi connectivity index (χ0n) is 12.1. The Morgan fingerprint density at radius 3 is 2.35 bits per heavy atom. The lowest BCUT2D eigenvalue weighted by atomic mass is 10.0. The van der Waals surface area contributed by atoms with Crippen LogP contribution in [0.5, 0.6) is 11.5 Å². The Balaban J connectivity index is 1.93. The number of ether oxygens (including phenoxy) is 2. The number of aryl methyl sites for hydroxylation is 1. The summed E-state index contributed by atoms with van der Waals surface area (Å²) in [6.07, 6.45) is 0. The van der Waals surface area contributed by atoms with Gasteiger partial charge in [0.15, 0.2) is 11.5 Å². The van der Waals surface area contributed by atoms with Gasteiger partial charge in [0.05, 0.1) is 10.6 Å². The highest BCUT2D eigenvalue weighted by atomic mass is 16.7. The molecule has 0 saturated heterocycles. The molecule has 1 aliphatic rings. The van der Waals surface area contributed by atoms with Gasteiger partial charge >= 0.3 is 0 Å². The normalized spacial score (nSPS) is 12.6. The highest BCUT2D eigenvalue weighted by Gasteiger charge is 2.18.